The average molecular weight is 1140 g/mol. The molecule has 0 amide bonds. The van der Waals surface area contributed by atoms with Crippen molar-refractivity contribution in [1.29, 1.82) is 0 Å². The van der Waals surface area contributed by atoms with E-state index >= 15 is 0 Å². The summed E-state index contributed by atoms with van der Waals surface area (Å²) in [4.78, 5) is -1.56. The number of hydrogen-bond donors (Lipinski definition) is 0. The van der Waals surface area contributed by atoms with Gasteiger partial charge in [-0.15, -0.1) is 0 Å². The summed E-state index contributed by atoms with van der Waals surface area (Å²) in [5, 5.41) is 0. The lowest BCUT2D eigenvalue weighted by molar-refractivity contribution is 0.460. The maximum Gasteiger partial charge on any atom is 0.243 e. The van der Waals surface area contributed by atoms with Gasteiger partial charge >= 0.3 is 0 Å². The van der Waals surface area contributed by atoms with E-state index in [0.29, 0.717) is 0 Å². The summed E-state index contributed by atoms with van der Waals surface area (Å²) in [6.07, 6.45) is 13.4. The van der Waals surface area contributed by atoms with E-state index in [2.05, 4.69) is 0 Å². The molecule has 0 atom stereocenters. The molecule has 0 saturated heterocycles. The van der Waals surface area contributed by atoms with E-state index in [1.807, 2.05) is 0 Å². The van der Waals surface area contributed by atoms with Gasteiger partial charge in [-0.3, -0.25) is 0 Å². The van der Waals surface area contributed by atoms with Gasteiger partial charge in [0.15, 0.2) is 0 Å². The molecule has 0 bridgehead atoms. The molecule has 15 nitrogen and oxygen atoms in total. The van der Waals surface area contributed by atoms with Crippen LogP contribution in [0.3, 0.4) is 0 Å². The average Bonchev–Trinajstić information content (AvgIpc) is 3.37. The highest BCUT2D eigenvalue weighted by atomic mass is 32.2. The van der Waals surface area contributed by atoms with E-state index in [-0.39, 0.29) is 24.5 Å². The molecule has 0 aliphatic carbocycles. The smallest absolute Gasteiger partial charge is 0.207 e. The van der Waals surface area contributed by atoms with Crippen LogP contribution in [0.2, 0.25) is 0 Å². The second-order valence-corrected chi connectivity index (χ2v) is 25.9. The van der Waals surface area contributed by atoms with Crippen LogP contribution >= 0.6 is 0 Å². The molecule has 75 heavy (non-hydrogen) atoms. The zero-order valence-electron chi connectivity index (χ0n) is 39.6. The highest BCUT2D eigenvalue weighted by Gasteiger charge is 2.28. The van der Waals surface area contributed by atoms with E-state index in [9.17, 15) is 64.0 Å². The van der Waals surface area contributed by atoms with Crippen LogP contribution in [0.4, 0.5) is 22.0 Å². The largest absolute Gasteiger partial charge is 0.243 e. The number of hydrogen-bond acceptors (Lipinski definition) is 10. The first-order valence-electron chi connectivity index (χ1n) is 22.6. The number of rotatable bonds is 10. The van der Waals surface area contributed by atoms with Crippen LogP contribution in [0.25, 0.3) is 0 Å². The molecule has 5 aromatic rings. The lowest BCUT2D eigenvalue weighted by Crippen LogP contribution is -2.34. The van der Waals surface area contributed by atoms with E-state index in [4.69, 9.17) is 0 Å². The fourth-order valence-electron chi connectivity index (χ4n) is 7.05. The summed E-state index contributed by atoms with van der Waals surface area (Å²) in [5.74, 6) is -3.60. The lowest BCUT2D eigenvalue weighted by Gasteiger charge is -2.22. The van der Waals surface area contributed by atoms with Crippen molar-refractivity contribution in [3.8, 4) is 0 Å². The topological polar surface area (TPSA) is 187 Å². The van der Waals surface area contributed by atoms with Gasteiger partial charge in [0.25, 0.3) is 0 Å². The lowest BCUT2D eigenvalue weighted by atomic mass is 10.4. The van der Waals surface area contributed by atoms with E-state index < -0.39 is 145 Å². The van der Waals surface area contributed by atoms with Crippen LogP contribution in [0.15, 0.2) is 207 Å². The van der Waals surface area contributed by atoms with Gasteiger partial charge in [0, 0.05) is 65.4 Å². The summed E-state index contributed by atoms with van der Waals surface area (Å²) in [6.45, 7) is -4.11. The molecule has 1 heterocycles. The molecule has 6 rings (SSSR count). The summed E-state index contributed by atoms with van der Waals surface area (Å²) in [6, 6.07) is 19.7. The SMILES string of the molecule is O=S(=O)(c1ccc(F)cc1)N1C/C=C/CN(S(=O)(=O)c2ccc(F)cc2)C/C=C/CN(S(=O)(=O)c2ccc(F)cc2)C/C=C/CN(S(=O)(=O)c2ccc(F)cc2)C/C=C/CN(S(=O)(=O)c2ccc(F)cc2)C/C=C/C1. The zero-order chi connectivity index (χ0) is 54.4. The van der Waals surface area contributed by atoms with E-state index in [1.165, 1.54) is 60.8 Å². The highest BCUT2D eigenvalue weighted by molar-refractivity contribution is 7.90. The van der Waals surface area contributed by atoms with Crippen molar-refractivity contribution < 1.29 is 64.0 Å². The van der Waals surface area contributed by atoms with E-state index in [1.54, 1.807) is 0 Å². The van der Waals surface area contributed by atoms with Gasteiger partial charge in [0.2, 0.25) is 50.1 Å². The quantitative estimate of drug-likeness (QED) is 0.105. The Morgan fingerprint density at radius 2 is 0.320 bits per heavy atom. The number of nitrogens with zero attached hydrogens (tertiary/aromatic N) is 5. The third kappa shape index (κ3) is 15.3. The Morgan fingerprint density at radius 1 is 0.213 bits per heavy atom. The van der Waals surface area contributed by atoms with Crippen molar-refractivity contribution in [2.24, 2.45) is 0 Å². The Morgan fingerprint density at radius 3 is 0.427 bits per heavy atom. The van der Waals surface area contributed by atoms with Gasteiger partial charge in [0.05, 0.1) is 24.5 Å². The first-order chi connectivity index (χ1) is 35.5. The summed E-state index contributed by atoms with van der Waals surface area (Å²) in [5.41, 5.74) is 0. The molecule has 0 spiro atoms. The van der Waals surface area contributed by atoms with Crippen molar-refractivity contribution in [1.82, 2.24) is 21.5 Å². The van der Waals surface area contributed by atoms with Crippen LogP contribution in [0, 0.1) is 29.1 Å². The second-order valence-electron chi connectivity index (χ2n) is 16.2. The predicted octanol–water partition coefficient (Wildman–Crippen LogP) is 6.93. The van der Waals surface area contributed by atoms with Crippen LogP contribution in [-0.2, 0) is 50.1 Å². The summed E-state index contributed by atoms with van der Waals surface area (Å²) < 4.78 is 215. The normalized spacial score (nSPS) is 19.3. The van der Waals surface area contributed by atoms with Gasteiger partial charge in [-0.2, -0.15) is 21.5 Å². The highest BCUT2D eigenvalue weighted by Crippen LogP contribution is 2.22. The summed E-state index contributed by atoms with van der Waals surface area (Å²) >= 11 is 0. The molecule has 1 aliphatic rings. The zero-order valence-corrected chi connectivity index (χ0v) is 43.7. The van der Waals surface area contributed by atoms with Crippen molar-refractivity contribution in [2.75, 3.05) is 65.4 Å². The predicted molar refractivity (Wildman–Crippen MR) is 271 cm³/mol. The van der Waals surface area contributed by atoms with Crippen LogP contribution in [0.5, 0.6) is 0 Å². The number of benzene rings is 5. The van der Waals surface area contributed by atoms with Crippen molar-refractivity contribution in [2.45, 2.75) is 24.5 Å². The van der Waals surface area contributed by atoms with Gasteiger partial charge in [0.1, 0.15) is 29.1 Å². The number of halogens is 5. The van der Waals surface area contributed by atoms with Gasteiger partial charge in [-0.05, 0) is 121 Å². The third-order valence-electron chi connectivity index (χ3n) is 11.2. The molecule has 5 aromatic carbocycles. The molecule has 0 saturated carbocycles. The first kappa shape index (κ1) is 58.3. The van der Waals surface area contributed by atoms with Crippen molar-refractivity contribution in [3.05, 3.63) is 211 Å². The second kappa shape index (κ2) is 25.7. The standard InChI is InChI=1S/C50H50F5N5O10S5/c51-41-11-21-46(22-12-41)71(61,62)56-31-1-2-32-57(72(63,64)47-23-13-42(52)14-24-47)34-5-6-36-59(74(67,68)49-27-17-44(54)18-28-49)38-9-10-40-60(75(69,70)50-29-19-45(55)20-30-50)39-8-7-37-58(35-4-3-33-56)73(65,66)48-25-15-43(53)16-26-48/h1-30H,31-40H2/b2-1+,4-3+,6-5+,8-7+,10-9+. The minimum atomic E-state index is -4.43. The Labute approximate surface area is 434 Å². The van der Waals surface area contributed by atoms with Gasteiger partial charge in [-0.25, -0.2) is 64.0 Å². The molecular formula is C50H50F5N5O10S5. The molecule has 0 unspecified atom stereocenters. The molecule has 1 aliphatic heterocycles. The Bertz CT molecular complexity index is 2900. The Kier molecular flexibility index (Phi) is 20.0. The van der Waals surface area contributed by atoms with Gasteiger partial charge < -0.3 is 0 Å². The van der Waals surface area contributed by atoms with Crippen LogP contribution in [0.1, 0.15) is 0 Å². The maximum atomic E-state index is 14.0. The minimum Gasteiger partial charge on any atom is -0.207 e. The minimum absolute atomic E-state index is 0.313. The third-order valence-corrected chi connectivity index (χ3v) is 20.4. The molecule has 0 N–H and O–H groups in total. The monoisotopic (exact) mass is 1140 g/mol. The van der Waals surface area contributed by atoms with Crippen molar-refractivity contribution in [3.63, 3.8) is 0 Å². The molecule has 400 valence electrons. The van der Waals surface area contributed by atoms with E-state index in [0.717, 1.165) is 143 Å². The number of sulfonamides is 5. The van der Waals surface area contributed by atoms with Gasteiger partial charge in [-0.1, -0.05) is 60.8 Å². The fourth-order valence-corrected chi connectivity index (χ4v) is 13.8. The summed E-state index contributed by atoms with van der Waals surface area (Å²) in [7, 11) is -22.2. The Hall–Kier alpha value is -6.00. The van der Waals surface area contributed by atoms with Crippen molar-refractivity contribution >= 4 is 50.1 Å². The first-order valence-corrected chi connectivity index (χ1v) is 29.8. The molecule has 0 fully saturated rings. The van der Waals surface area contributed by atoms with Crippen LogP contribution < -0.4 is 0 Å². The molecule has 25 heteroatoms. The molecule has 0 aromatic heterocycles. The Balaban J connectivity index is 1.43. The maximum absolute atomic E-state index is 14.0. The van der Waals surface area contributed by atoms with Crippen LogP contribution in [-0.4, -0.2) is 129 Å². The molecular weight excluding hydrogens is 1090 g/mol. The fraction of sp³-hybridized carbons (Fsp3) is 0.200. The molecule has 0 radical (unpaired) electrons.